The van der Waals surface area contributed by atoms with Crippen LogP contribution in [0.2, 0.25) is 0 Å². The number of nitrogens with zero attached hydrogens (tertiary/aromatic N) is 1. The molecule has 106 valence electrons. The second kappa shape index (κ2) is 7.03. The summed E-state index contributed by atoms with van der Waals surface area (Å²) >= 11 is 11.5. The molecule has 0 aromatic carbocycles. The minimum Gasteiger partial charge on any atom is -0.616 e. The predicted molar refractivity (Wildman–Crippen MR) is 72.7 cm³/mol. The van der Waals surface area contributed by atoms with Crippen LogP contribution in [-0.4, -0.2) is 42.2 Å². The van der Waals surface area contributed by atoms with E-state index in [2.05, 4.69) is 0 Å². The van der Waals surface area contributed by atoms with E-state index in [4.69, 9.17) is 32.2 Å². The molecule has 1 saturated carbocycles. The normalized spacial score (nSPS) is 36.7. The molecule has 0 aromatic heterocycles. The first-order valence-corrected chi connectivity index (χ1v) is 9.06. The van der Waals surface area contributed by atoms with Gasteiger partial charge in [0.15, 0.2) is 0 Å². The second-order valence-electron chi connectivity index (χ2n) is 4.78. The van der Waals surface area contributed by atoms with E-state index in [1.165, 1.54) is 6.42 Å². The van der Waals surface area contributed by atoms with Crippen molar-refractivity contribution in [2.45, 2.75) is 31.8 Å². The molecule has 0 radical (unpaired) electrons. The second-order valence-corrected chi connectivity index (χ2v) is 7.51. The van der Waals surface area contributed by atoms with Gasteiger partial charge in [0.25, 0.3) is 0 Å². The van der Waals surface area contributed by atoms with E-state index in [1.54, 1.807) is 4.67 Å². The van der Waals surface area contributed by atoms with Gasteiger partial charge < -0.3 is 4.89 Å². The van der Waals surface area contributed by atoms with Crippen LogP contribution < -0.4 is 4.89 Å². The van der Waals surface area contributed by atoms with Gasteiger partial charge in [-0.05, 0) is 12.8 Å². The molecule has 0 aromatic rings. The minimum absolute atomic E-state index is 0.0754. The van der Waals surface area contributed by atoms with E-state index in [0.29, 0.717) is 37.4 Å². The molecule has 3 atom stereocenters. The molecule has 3 unspecified atom stereocenters. The average molecular weight is 316 g/mol. The molecule has 2 aliphatic rings. The van der Waals surface area contributed by atoms with Crippen molar-refractivity contribution >= 4 is 31.3 Å². The van der Waals surface area contributed by atoms with Crippen molar-refractivity contribution in [1.29, 1.82) is 0 Å². The number of halogens is 2. The van der Waals surface area contributed by atoms with Crippen LogP contribution in [0.4, 0.5) is 0 Å². The lowest BCUT2D eigenvalue weighted by Crippen LogP contribution is -2.46. The molecular weight excluding hydrogens is 296 g/mol. The number of fused-ring (bicyclic) bond motifs is 1. The number of rotatable bonds is 5. The summed E-state index contributed by atoms with van der Waals surface area (Å²) in [6.45, 7) is 1.48. The molecule has 0 amide bonds. The highest BCUT2D eigenvalue weighted by atomic mass is 35.5. The predicted octanol–water partition coefficient (Wildman–Crippen LogP) is 2.41. The van der Waals surface area contributed by atoms with E-state index < -0.39 is 8.09 Å². The monoisotopic (exact) mass is 315 g/mol. The first-order chi connectivity index (χ1) is 8.69. The molecule has 7 heteroatoms. The van der Waals surface area contributed by atoms with Crippen LogP contribution in [0.25, 0.3) is 0 Å². The van der Waals surface area contributed by atoms with Crippen molar-refractivity contribution in [1.82, 2.24) is 4.67 Å². The summed E-state index contributed by atoms with van der Waals surface area (Å²) in [6, 6.07) is 0. The topological polar surface area (TPSA) is 44.8 Å². The average Bonchev–Trinajstić information content (AvgIpc) is 2.38. The van der Waals surface area contributed by atoms with Crippen LogP contribution in [0, 0.1) is 5.92 Å². The first-order valence-electron chi connectivity index (χ1n) is 6.50. The zero-order chi connectivity index (χ0) is 13.0. The van der Waals surface area contributed by atoms with Gasteiger partial charge >= 0.3 is 8.09 Å². The van der Waals surface area contributed by atoms with Crippen LogP contribution in [0.15, 0.2) is 0 Å². The van der Waals surface area contributed by atoms with Gasteiger partial charge in [-0.3, -0.25) is 0 Å². The van der Waals surface area contributed by atoms with E-state index in [-0.39, 0.29) is 6.10 Å². The fraction of sp³-hybridized carbons (Fsp3) is 1.00. The van der Waals surface area contributed by atoms with E-state index in [9.17, 15) is 4.89 Å². The lowest BCUT2D eigenvalue weighted by molar-refractivity contribution is -0.254. The third kappa shape index (κ3) is 3.49. The molecule has 1 heterocycles. The molecule has 1 saturated heterocycles. The van der Waals surface area contributed by atoms with Gasteiger partial charge in [-0.1, -0.05) is 12.8 Å². The zero-order valence-electron chi connectivity index (χ0n) is 10.4. The van der Waals surface area contributed by atoms with Crippen molar-refractivity contribution < 1.29 is 13.9 Å². The number of alkyl halides is 2. The Balaban J connectivity index is 2.00. The van der Waals surface area contributed by atoms with Gasteiger partial charge in [-0.25, -0.2) is 0 Å². The largest absolute Gasteiger partial charge is 0.616 e. The Morgan fingerprint density at radius 2 is 1.83 bits per heavy atom. The zero-order valence-corrected chi connectivity index (χ0v) is 12.8. The van der Waals surface area contributed by atoms with Gasteiger partial charge in [-0.15, -0.1) is 27.9 Å². The molecule has 4 nitrogen and oxygen atoms in total. The fourth-order valence-corrected chi connectivity index (χ4v) is 5.29. The highest BCUT2D eigenvalue weighted by Gasteiger charge is 2.48. The molecule has 0 spiro atoms. The summed E-state index contributed by atoms with van der Waals surface area (Å²) in [4.78, 5) is 12.7. The molecule has 2 fully saturated rings. The van der Waals surface area contributed by atoms with Gasteiger partial charge in [-0.2, -0.15) is 9.05 Å². The Morgan fingerprint density at radius 1 is 1.17 bits per heavy atom. The van der Waals surface area contributed by atoms with Gasteiger partial charge in [0, 0.05) is 17.7 Å². The third-order valence-corrected chi connectivity index (χ3v) is 6.03. The Kier molecular flexibility index (Phi) is 5.95. The fourth-order valence-electron chi connectivity index (χ4n) is 2.59. The Bertz CT molecular complexity index is 269. The Hall–Kier alpha value is 0.850. The van der Waals surface area contributed by atoms with Gasteiger partial charge in [0.05, 0.1) is 13.1 Å². The molecule has 0 N–H and O–H groups in total. The molecular formula is C11H20Cl2NO3P. The van der Waals surface area contributed by atoms with Crippen molar-refractivity contribution in [3.05, 3.63) is 0 Å². The summed E-state index contributed by atoms with van der Waals surface area (Å²) in [7, 11) is -3.18. The van der Waals surface area contributed by atoms with Crippen molar-refractivity contribution in [3.8, 4) is 0 Å². The van der Waals surface area contributed by atoms with Crippen molar-refractivity contribution in [2.24, 2.45) is 5.92 Å². The van der Waals surface area contributed by atoms with Crippen LogP contribution >= 0.6 is 31.3 Å². The van der Waals surface area contributed by atoms with Crippen LogP contribution in [-0.2, 0) is 9.05 Å². The lowest BCUT2D eigenvalue weighted by atomic mass is 9.87. The standard InChI is InChI=1S/C11H20Cl2NO3P/c12-5-7-14(8-6-13)18(15)16-9-10-3-1-2-4-11(10)17-18/h10-11H,1-9H2. The van der Waals surface area contributed by atoms with Gasteiger partial charge in [0.2, 0.25) is 0 Å². The Morgan fingerprint density at radius 3 is 2.50 bits per heavy atom. The molecule has 0 bridgehead atoms. The lowest BCUT2D eigenvalue weighted by Gasteiger charge is -2.44. The van der Waals surface area contributed by atoms with Crippen LogP contribution in [0.3, 0.4) is 0 Å². The van der Waals surface area contributed by atoms with E-state index in [0.717, 1.165) is 19.3 Å². The highest BCUT2D eigenvalue weighted by molar-refractivity contribution is 7.56. The van der Waals surface area contributed by atoms with Crippen LogP contribution in [0.1, 0.15) is 25.7 Å². The maximum absolute atomic E-state index is 12.7. The molecule has 1 aliphatic carbocycles. The SMILES string of the molecule is [O-][P+]1(N(CCCl)CCCl)OCC2CCCCC2O1. The maximum atomic E-state index is 12.7. The third-order valence-electron chi connectivity index (χ3n) is 3.59. The highest BCUT2D eigenvalue weighted by Crippen LogP contribution is 2.61. The summed E-state index contributed by atoms with van der Waals surface area (Å²) in [5.74, 6) is 1.18. The molecule has 18 heavy (non-hydrogen) atoms. The number of hydrogen-bond acceptors (Lipinski definition) is 4. The van der Waals surface area contributed by atoms with E-state index in [1.807, 2.05) is 0 Å². The van der Waals surface area contributed by atoms with Crippen molar-refractivity contribution in [2.75, 3.05) is 31.5 Å². The van der Waals surface area contributed by atoms with E-state index >= 15 is 0 Å². The summed E-state index contributed by atoms with van der Waals surface area (Å²) < 4.78 is 13.0. The first kappa shape index (κ1) is 15.2. The van der Waals surface area contributed by atoms with Crippen LogP contribution in [0.5, 0.6) is 0 Å². The summed E-state index contributed by atoms with van der Waals surface area (Å²) in [5.41, 5.74) is 0. The summed E-state index contributed by atoms with van der Waals surface area (Å²) in [5, 5.41) is 0. The minimum atomic E-state index is -3.18. The van der Waals surface area contributed by atoms with Gasteiger partial charge in [0.1, 0.15) is 12.7 Å². The smallest absolute Gasteiger partial charge is 0.315 e. The molecule has 1 aliphatic heterocycles. The van der Waals surface area contributed by atoms with Crippen molar-refractivity contribution in [3.63, 3.8) is 0 Å². The Labute approximate surface area is 119 Å². The quantitative estimate of drug-likeness (QED) is 0.577. The number of hydrogen-bond donors (Lipinski definition) is 0. The summed E-state index contributed by atoms with van der Waals surface area (Å²) in [6.07, 6.45) is 4.52. The molecule has 2 rings (SSSR count). The maximum Gasteiger partial charge on any atom is 0.315 e.